The summed E-state index contributed by atoms with van der Waals surface area (Å²) in [5, 5.41) is 11.0. The van der Waals surface area contributed by atoms with E-state index in [0.29, 0.717) is 12.1 Å². The largest absolute Gasteiger partial charge is 0.480 e. The number of nitrogens with one attached hydrogen (secondary N) is 1. The predicted molar refractivity (Wildman–Crippen MR) is 45.8 cm³/mol. The van der Waals surface area contributed by atoms with Crippen LogP contribution in [0.15, 0.2) is 12.1 Å². The summed E-state index contributed by atoms with van der Waals surface area (Å²) in [6.45, 7) is 0. The van der Waals surface area contributed by atoms with Crippen molar-refractivity contribution >= 4 is 5.97 Å². The van der Waals surface area contributed by atoms with E-state index in [1.54, 1.807) is 0 Å². The molecule has 0 radical (unpaired) electrons. The van der Waals surface area contributed by atoms with Crippen LogP contribution in [0.2, 0.25) is 0 Å². The highest BCUT2D eigenvalue weighted by Gasteiger charge is 2.21. The zero-order valence-electron chi connectivity index (χ0n) is 7.72. The SMILES string of the molecule is CN[C@@H](C(=O)O)c1cc(F)c(F)c(F)c1. The minimum atomic E-state index is -1.61. The molecular formula is C9H8F3NO2. The van der Waals surface area contributed by atoms with E-state index >= 15 is 0 Å². The molecule has 0 amide bonds. The predicted octanol–water partition coefficient (Wildman–Crippen LogP) is 1.45. The van der Waals surface area contributed by atoms with E-state index in [-0.39, 0.29) is 5.56 Å². The Bertz CT molecular complexity index is 372. The molecule has 2 N–H and O–H groups in total. The molecule has 0 aliphatic rings. The first-order valence-electron chi connectivity index (χ1n) is 4.02. The van der Waals surface area contributed by atoms with Gasteiger partial charge in [0.15, 0.2) is 17.5 Å². The third-order valence-electron chi connectivity index (χ3n) is 1.88. The molecule has 0 spiro atoms. The molecule has 0 saturated carbocycles. The highest BCUT2D eigenvalue weighted by molar-refractivity contribution is 5.75. The molecule has 0 saturated heterocycles. The fraction of sp³-hybridized carbons (Fsp3) is 0.222. The molecule has 0 aromatic heterocycles. The molecular weight excluding hydrogens is 211 g/mol. The number of benzene rings is 1. The second-order valence-corrected chi connectivity index (χ2v) is 2.86. The van der Waals surface area contributed by atoms with Gasteiger partial charge in [-0.2, -0.15) is 0 Å². The number of carboxylic acid groups (broad SMARTS) is 1. The summed E-state index contributed by atoms with van der Waals surface area (Å²) in [5.74, 6) is -5.74. The molecule has 15 heavy (non-hydrogen) atoms. The van der Waals surface area contributed by atoms with Gasteiger partial charge in [-0.05, 0) is 24.7 Å². The van der Waals surface area contributed by atoms with Gasteiger partial charge in [0.05, 0.1) is 0 Å². The minimum Gasteiger partial charge on any atom is -0.480 e. The van der Waals surface area contributed by atoms with Crippen molar-refractivity contribution < 1.29 is 23.1 Å². The van der Waals surface area contributed by atoms with Gasteiger partial charge >= 0.3 is 5.97 Å². The Kier molecular flexibility index (Phi) is 3.31. The van der Waals surface area contributed by atoms with Gasteiger partial charge in [0.1, 0.15) is 6.04 Å². The maximum absolute atomic E-state index is 12.8. The van der Waals surface area contributed by atoms with Gasteiger partial charge in [0, 0.05) is 0 Å². The Balaban J connectivity index is 3.20. The van der Waals surface area contributed by atoms with Crippen molar-refractivity contribution in [2.75, 3.05) is 7.05 Å². The molecule has 6 heteroatoms. The summed E-state index contributed by atoms with van der Waals surface area (Å²) in [6.07, 6.45) is 0. The van der Waals surface area contributed by atoms with E-state index in [0.717, 1.165) is 0 Å². The first-order valence-corrected chi connectivity index (χ1v) is 4.02. The molecule has 1 aromatic rings. The van der Waals surface area contributed by atoms with Gasteiger partial charge < -0.3 is 10.4 Å². The molecule has 82 valence electrons. The van der Waals surface area contributed by atoms with E-state index in [1.165, 1.54) is 7.05 Å². The highest BCUT2D eigenvalue weighted by Crippen LogP contribution is 2.19. The molecule has 0 bridgehead atoms. The maximum atomic E-state index is 12.8. The zero-order valence-corrected chi connectivity index (χ0v) is 7.72. The first-order chi connectivity index (χ1) is 6.97. The molecule has 0 heterocycles. The van der Waals surface area contributed by atoms with Crippen LogP contribution in [-0.2, 0) is 4.79 Å². The summed E-state index contributed by atoms with van der Waals surface area (Å²) < 4.78 is 38.1. The van der Waals surface area contributed by atoms with Crippen molar-refractivity contribution in [1.29, 1.82) is 0 Å². The smallest absolute Gasteiger partial charge is 0.325 e. The number of halogens is 3. The maximum Gasteiger partial charge on any atom is 0.325 e. The van der Waals surface area contributed by atoms with E-state index in [1.807, 2.05) is 0 Å². The van der Waals surface area contributed by atoms with Crippen molar-refractivity contribution in [3.05, 3.63) is 35.1 Å². The summed E-state index contributed by atoms with van der Waals surface area (Å²) >= 11 is 0. The molecule has 0 aliphatic heterocycles. The van der Waals surface area contributed by atoms with Gasteiger partial charge in [0.2, 0.25) is 0 Å². The number of carboxylic acids is 1. The van der Waals surface area contributed by atoms with Gasteiger partial charge in [-0.3, -0.25) is 4.79 Å². The van der Waals surface area contributed by atoms with Crippen LogP contribution in [0.1, 0.15) is 11.6 Å². The van der Waals surface area contributed by atoms with Crippen molar-refractivity contribution in [2.45, 2.75) is 6.04 Å². The van der Waals surface area contributed by atoms with E-state index in [2.05, 4.69) is 5.32 Å². The Hall–Kier alpha value is -1.56. The van der Waals surface area contributed by atoms with Crippen LogP contribution in [0.4, 0.5) is 13.2 Å². The van der Waals surface area contributed by atoms with E-state index in [4.69, 9.17) is 5.11 Å². The monoisotopic (exact) mass is 219 g/mol. The molecule has 0 aliphatic carbocycles. The number of rotatable bonds is 3. The van der Waals surface area contributed by atoms with Crippen LogP contribution in [0.5, 0.6) is 0 Å². The third kappa shape index (κ3) is 2.27. The number of carbonyl (C=O) groups is 1. The molecule has 1 rings (SSSR count). The molecule has 1 atom stereocenters. The second-order valence-electron chi connectivity index (χ2n) is 2.86. The van der Waals surface area contributed by atoms with Crippen molar-refractivity contribution in [2.24, 2.45) is 0 Å². The Morgan fingerprint density at radius 1 is 1.33 bits per heavy atom. The van der Waals surface area contributed by atoms with Gasteiger partial charge in [0.25, 0.3) is 0 Å². The molecule has 0 fully saturated rings. The number of likely N-dealkylation sites (N-methyl/N-ethyl adjacent to an activating group) is 1. The number of hydrogen-bond donors (Lipinski definition) is 2. The fourth-order valence-electron chi connectivity index (χ4n) is 1.17. The van der Waals surface area contributed by atoms with Crippen molar-refractivity contribution in [3.8, 4) is 0 Å². The van der Waals surface area contributed by atoms with Crippen molar-refractivity contribution in [1.82, 2.24) is 5.32 Å². The van der Waals surface area contributed by atoms with Gasteiger partial charge in [-0.1, -0.05) is 0 Å². The van der Waals surface area contributed by atoms with Gasteiger partial charge in [-0.15, -0.1) is 0 Å². The number of hydrogen-bond acceptors (Lipinski definition) is 2. The second kappa shape index (κ2) is 4.31. The summed E-state index contributed by atoms with van der Waals surface area (Å²) in [5.41, 5.74) is -0.179. The fourth-order valence-corrected chi connectivity index (χ4v) is 1.17. The summed E-state index contributed by atoms with van der Waals surface area (Å²) in [7, 11) is 1.32. The summed E-state index contributed by atoms with van der Waals surface area (Å²) in [6, 6.07) is 0.0242. The minimum absolute atomic E-state index is 0.179. The lowest BCUT2D eigenvalue weighted by Gasteiger charge is -2.11. The van der Waals surface area contributed by atoms with E-state index < -0.39 is 29.5 Å². The summed E-state index contributed by atoms with van der Waals surface area (Å²) in [4.78, 5) is 10.6. The standard InChI is InChI=1S/C9H8F3NO2/c1-13-8(9(14)15)4-2-5(10)7(12)6(11)3-4/h2-3,8,13H,1H3,(H,14,15)/t8-/m1/s1. The van der Waals surface area contributed by atoms with Crippen LogP contribution in [0.25, 0.3) is 0 Å². The average molecular weight is 219 g/mol. The zero-order chi connectivity index (χ0) is 11.6. The molecule has 3 nitrogen and oxygen atoms in total. The lowest BCUT2D eigenvalue weighted by atomic mass is 10.1. The third-order valence-corrected chi connectivity index (χ3v) is 1.88. The molecule has 0 unspecified atom stereocenters. The van der Waals surface area contributed by atoms with E-state index in [9.17, 15) is 18.0 Å². The van der Waals surface area contributed by atoms with Crippen LogP contribution >= 0.6 is 0 Å². The lowest BCUT2D eigenvalue weighted by Crippen LogP contribution is -2.25. The Morgan fingerprint density at radius 2 is 1.80 bits per heavy atom. The topological polar surface area (TPSA) is 49.3 Å². The lowest BCUT2D eigenvalue weighted by molar-refractivity contribution is -0.139. The van der Waals surface area contributed by atoms with Crippen molar-refractivity contribution in [3.63, 3.8) is 0 Å². The highest BCUT2D eigenvalue weighted by atomic mass is 19.2. The van der Waals surface area contributed by atoms with Crippen LogP contribution in [-0.4, -0.2) is 18.1 Å². The van der Waals surface area contributed by atoms with Gasteiger partial charge in [-0.25, -0.2) is 13.2 Å². The average Bonchev–Trinajstić information content (AvgIpc) is 2.14. The quantitative estimate of drug-likeness (QED) is 0.756. The Labute approximate surface area is 83.5 Å². The normalized spacial score (nSPS) is 12.5. The Morgan fingerprint density at radius 3 is 2.13 bits per heavy atom. The van der Waals surface area contributed by atoms with Crippen LogP contribution in [0.3, 0.4) is 0 Å². The molecule has 1 aromatic carbocycles. The number of aliphatic carboxylic acids is 1. The van der Waals surface area contributed by atoms with Crippen LogP contribution in [0, 0.1) is 17.5 Å². The van der Waals surface area contributed by atoms with Crippen LogP contribution < -0.4 is 5.32 Å². The first kappa shape index (κ1) is 11.5.